The van der Waals surface area contributed by atoms with Gasteiger partial charge in [-0.3, -0.25) is 14.4 Å². The summed E-state index contributed by atoms with van der Waals surface area (Å²) in [4.78, 5) is 41.1. The predicted molar refractivity (Wildman–Crippen MR) is 113 cm³/mol. The van der Waals surface area contributed by atoms with Gasteiger partial charge in [0.1, 0.15) is 5.56 Å². The van der Waals surface area contributed by atoms with Crippen molar-refractivity contribution in [3.63, 3.8) is 0 Å². The van der Waals surface area contributed by atoms with Crippen molar-refractivity contribution < 1.29 is 14.7 Å². The first kappa shape index (κ1) is 19.9. The maximum Gasteiger partial charge on any atom is 0.263 e. The number of hydrogen-bond donors (Lipinski definition) is 4. The molecule has 2 aromatic heterocycles. The van der Waals surface area contributed by atoms with Crippen molar-refractivity contribution in [2.24, 2.45) is 5.92 Å². The molecule has 2 atom stereocenters. The zero-order chi connectivity index (χ0) is 21.3. The number of aliphatic hydroxyl groups is 1. The molecule has 1 aromatic carbocycles. The Labute approximate surface area is 172 Å². The number of rotatable bonds is 7. The molecular formula is C22H24N4O4. The molecule has 1 aliphatic carbocycles. The molecule has 3 aromatic rings. The smallest absolute Gasteiger partial charge is 0.263 e. The summed E-state index contributed by atoms with van der Waals surface area (Å²) in [5.74, 6) is -0.596. The van der Waals surface area contributed by atoms with Gasteiger partial charge in [-0.1, -0.05) is 12.1 Å². The molecule has 0 radical (unpaired) electrons. The lowest BCUT2D eigenvalue weighted by Crippen LogP contribution is -2.34. The number of hydrogen-bond acceptors (Lipinski definition) is 4. The Hall–Kier alpha value is -3.39. The molecule has 0 saturated heterocycles. The van der Waals surface area contributed by atoms with Crippen LogP contribution in [-0.2, 0) is 6.54 Å². The fourth-order valence-corrected chi connectivity index (χ4v) is 3.81. The van der Waals surface area contributed by atoms with Crippen molar-refractivity contribution in [3.05, 3.63) is 69.8 Å². The highest BCUT2D eigenvalue weighted by Crippen LogP contribution is 2.33. The molecule has 8 nitrogen and oxygen atoms in total. The van der Waals surface area contributed by atoms with Crippen LogP contribution in [0.1, 0.15) is 39.1 Å². The summed E-state index contributed by atoms with van der Waals surface area (Å²) in [6.45, 7) is 0.323. The number of pyridine rings is 1. The first-order valence-corrected chi connectivity index (χ1v) is 9.95. The summed E-state index contributed by atoms with van der Waals surface area (Å²) >= 11 is 0. The van der Waals surface area contributed by atoms with E-state index in [0.717, 1.165) is 22.9 Å². The lowest BCUT2D eigenvalue weighted by atomic mass is 10.1. The van der Waals surface area contributed by atoms with E-state index in [1.54, 1.807) is 0 Å². The Morgan fingerprint density at radius 1 is 1.27 bits per heavy atom. The van der Waals surface area contributed by atoms with Gasteiger partial charge in [-0.15, -0.1) is 0 Å². The van der Waals surface area contributed by atoms with E-state index >= 15 is 0 Å². The first-order valence-electron chi connectivity index (χ1n) is 9.95. The van der Waals surface area contributed by atoms with Gasteiger partial charge in [-0.05, 0) is 42.5 Å². The number of nitrogens with zero attached hydrogens (tertiary/aromatic N) is 1. The average Bonchev–Trinajstić information content (AvgIpc) is 3.27. The second-order valence-corrected chi connectivity index (χ2v) is 7.60. The van der Waals surface area contributed by atoms with Crippen LogP contribution in [0.3, 0.4) is 0 Å². The third kappa shape index (κ3) is 3.86. The molecule has 8 heteroatoms. The molecule has 30 heavy (non-hydrogen) atoms. The van der Waals surface area contributed by atoms with Crippen molar-refractivity contribution in [1.29, 1.82) is 0 Å². The van der Waals surface area contributed by atoms with Gasteiger partial charge in [0.15, 0.2) is 0 Å². The zero-order valence-corrected chi connectivity index (χ0v) is 16.6. The first-order chi connectivity index (χ1) is 14.5. The average molecular weight is 408 g/mol. The summed E-state index contributed by atoms with van der Waals surface area (Å²) in [6.07, 6.45) is 4.80. The number of aromatic nitrogens is 2. The highest BCUT2D eigenvalue weighted by Gasteiger charge is 2.37. The summed E-state index contributed by atoms with van der Waals surface area (Å²) in [6, 6.07) is 9.04. The molecule has 0 spiro atoms. The minimum absolute atomic E-state index is 0.0158. The van der Waals surface area contributed by atoms with E-state index in [1.807, 2.05) is 30.5 Å². The van der Waals surface area contributed by atoms with Gasteiger partial charge in [-0.2, -0.15) is 0 Å². The Balaban J connectivity index is 1.68. The van der Waals surface area contributed by atoms with E-state index < -0.39 is 11.5 Å². The van der Waals surface area contributed by atoms with Crippen LogP contribution in [0.15, 0.2) is 47.5 Å². The van der Waals surface area contributed by atoms with Gasteiger partial charge >= 0.3 is 0 Å². The standard InChI is InChI=1S/C22H24N4O4/c1-23-21(29)17-9-15(20(28)25-19-10-13(19)6-8-27)12-26(22(17)30)11-14-3-2-4-18-16(14)5-7-24-18/h2-5,7,9,12-13,19,24,27H,6,8,10-11H2,1H3,(H,23,29)(H,25,28)/t13-,19-/m1/s1. The van der Waals surface area contributed by atoms with E-state index in [0.29, 0.717) is 6.42 Å². The van der Waals surface area contributed by atoms with Crippen molar-refractivity contribution in [3.8, 4) is 0 Å². The maximum atomic E-state index is 12.9. The molecule has 0 unspecified atom stereocenters. The largest absolute Gasteiger partial charge is 0.396 e. The Morgan fingerprint density at radius 3 is 2.87 bits per heavy atom. The van der Waals surface area contributed by atoms with Gasteiger partial charge in [0, 0.05) is 43.0 Å². The van der Waals surface area contributed by atoms with Crippen LogP contribution in [0.2, 0.25) is 0 Å². The number of benzene rings is 1. The number of amides is 2. The normalized spacial score (nSPS) is 17.7. The maximum absolute atomic E-state index is 12.9. The number of carbonyl (C=O) groups is 2. The van der Waals surface area contributed by atoms with Crippen molar-refractivity contribution in [1.82, 2.24) is 20.2 Å². The van der Waals surface area contributed by atoms with Gasteiger partial charge in [0.2, 0.25) is 0 Å². The van der Waals surface area contributed by atoms with Crippen LogP contribution in [0, 0.1) is 5.92 Å². The van der Waals surface area contributed by atoms with Crippen LogP contribution in [-0.4, -0.2) is 46.2 Å². The van der Waals surface area contributed by atoms with Gasteiger partial charge < -0.3 is 25.3 Å². The molecule has 1 saturated carbocycles. The van der Waals surface area contributed by atoms with Crippen molar-refractivity contribution in [2.75, 3.05) is 13.7 Å². The second-order valence-electron chi connectivity index (χ2n) is 7.60. The highest BCUT2D eigenvalue weighted by atomic mass is 16.3. The van der Waals surface area contributed by atoms with Crippen LogP contribution in [0.5, 0.6) is 0 Å². The number of nitrogens with one attached hydrogen (secondary N) is 3. The topological polar surface area (TPSA) is 116 Å². The van der Waals surface area contributed by atoms with Gasteiger partial charge in [0.25, 0.3) is 17.4 Å². The number of fused-ring (bicyclic) bond motifs is 1. The predicted octanol–water partition coefficient (Wildman–Crippen LogP) is 1.24. The summed E-state index contributed by atoms with van der Waals surface area (Å²) in [7, 11) is 1.45. The van der Waals surface area contributed by atoms with E-state index in [1.165, 1.54) is 23.9 Å². The fourth-order valence-electron chi connectivity index (χ4n) is 3.81. The van der Waals surface area contributed by atoms with Crippen LogP contribution >= 0.6 is 0 Å². The molecule has 1 fully saturated rings. The SMILES string of the molecule is CNC(=O)c1cc(C(=O)N[C@@H]2C[C@H]2CCO)cn(Cc2cccc3[nH]ccc23)c1=O. The summed E-state index contributed by atoms with van der Waals surface area (Å²) in [5, 5.41) is 15.4. The number of carbonyl (C=O) groups excluding carboxylic acids is 2. The Kier molecular flexibility index (Phi) is 5.41. The third-order valence-corrected chi connectivity index (χ3v) is 5.58. The molecule has 0 bridgehead atoms. The summed E-state index contributed by atoms with van der Waals surface area (Å²) < 4.78 is 1.40. The fraction of sp³-hybridized carbons (Fsp3) is 0.318. The Morgan fingerprint density at radius 2 is 2.10 bits per heavy atom. The highest BCUT2D eigenvalue weighted by molar-refractivity contribution is 5.99. The van der Waals surface area contributed by atoms with Crippen LogP contribution in [0.25, 0.3) is 10.9 Å². The van der Waals surface area contributed by atoms with Crippen LogP contribution < -0.4 is 16.2 Å². The third-order valence-electron chi connectivity index (χ3n) is 5.58. The zero-order valence-electron chi connectivity index (χ0n) is 16.6. The molecule has 2 heterocycles. The minimum Gasteiger partial charge on any atom is -0.396 e. The number of aromatic amines is 1. The second kappa shape index (κ2) is 8.16. The van der Waals surface area contributed by atoms with E-state index in [4.69, 9.17) is 5.11 Å². The molecule has 4 rings (SSSR count). The molecule has 2 amide bonds. The van der Waals surface area contributed by atoms with Crippen molar-refractivity contribution >= 4 is 22.7 Å². The molecule has 156 valence electrons. The number of H-pyrrole nitrogens is 1. The molecule has 1 aliphatic rings. The molecule has 0 aliphatic heterocycles. The minimum atomic E-state index is -0.534. The van der Waals surface area contributed by atoms with E-state index in [9.17, 15) is 14.4 Å². The van der Waals surface area contributed by atoms with Crippen LogP contribution in [0.4, 0.5) is 0 Å². The monoisotopic (exact) mass is 408 g/mol. The van der Waals surface area contributed by atoms with Gasteiger partial charge in [-0.25, -0.2) is 0 Å². The summed E-state index contributed by atoms with van der Waals surface area (Å²) in [5.41, 5.74) is 1.58. The van der Waals surface area contributed by atoms with Gasteiger partial charge in [0.05, 0.1) is 12.1 Å². The van der Waals surface area contributed by atoms with Crippen molar-refractivity contribution in [2.45, 2.75) is 25.4 Å². The Bertz CT molecular complexity index is 1160. The quantitative estimate of drug-likeness (QED) is 0.471. The molecular weight excluding hydrogens is 384 g/mol. The van der Waals surface area contributed by atoms with E-state index in [2.05, 4.69) is 15.6 Å². The lowest BCUT2D eigenvalue weighted by molar-refractivity contribution is 0.0947. The lowest BCUT2D eigenvalue weighted by Gasteiger charge is -2.13. The van der Waals surface area contributed by atoms with E-state index in [-0.39, 0.29) is 42.1 Å². The molecule has 4 N–H and O–H groups in total. The number of aliphatic hydroxyl groups excluding tert-OH is 1.